The van der Waals surface area contributed by atoms with E-state index in [9.17, 15) is 9.59 Å². The van der Waals surface area contributed by atoms with Gasteiger partial charge in [-0.3, -0.25) is 9.59 Å². The molecular formula is C24H23N5O4. The van der Waals surface area contributed by atoms with E-state index in [1.807, 2.05) is 44.2 Å². The van der Waals surface area contributed by atoms with Crippen LogP contribution in [0.15, 0.2) is 53.3 Å². The fraction of sp³-hybridized carbons (Fsp3) is 0.250. The van der Waals surface area contributed by atoms with Crippen LogP contribution in [-0.2, 0) is 4.79 Å². The normalized spacial score (nSPS) is 13.7. The van der Waals surface area contributed by atoms with Gasteiger partial charge >= 0.3 is 0 Å². The maximum atomic E-state index is 13.3. The number of carbonyl (C=O) groups excluding carboxylic acids is 1. The van der Waals surface area contributed by atoms with Crippen molar-refractivity contribution in [1.82, 2.24) is 19.6 Å². The molecule has 168 valence electrons. The maximum absolute atomic E-state index is 13.3. The topological polar surface area (TPSA) is 100 Å². The quantitative estimate of drug-likeness (QED) is 0.518. The zero-order valence-electron chi connectivity index (χ0n) is 18.5. The Morgan fingerprint density at radius 3 is 2.52 bits per heavy atom. The lowest BCUT2D eigenvalue weighted by Crippen LogP contribution is -2.34. The molecule has 4 aromatic rings. The van der Waals surface area contributed by atoms with Crippen LogP contribution in [0.25, 0.3) is 16.6 Å². The van der Waals surface area contributed by atoms with E-state index in [0.29, 0.717) is 41.5 Å². The first-order chi connectivity index (χ1) is 15.9. The number of amides is 1. The van der Waals surface area contributed by atoms with Crippen LogP contribution in [0.3, 0.4) is 0 Å². The molecule has 5 rings (SSSR count). The largest absolute Gasteiger partial charge is 0.486 e. The second-order valence-electron chi connectivity index (χ2n) is 7.92. The van der Waals surface area contributed by atoms with Gasteiger partial charge in [-0.2, -0.15) is 10.2 Å². The highest BCUT2D eigenvalue weighted by Crippen LogP contribution is 2.32. The SMILES string of the molecule is Cc1nn(C(C)C(=O)Nc2ccc3c(c2)OCCO3)c(=O)c2nn(-c3ccccc3)c(C)c12. The molecular weight excluding hydrogens is 422 g/mol. The number of nitrogens with zero attached hydrogens (tertiary/aromatic N) is 4. The number of anilines is 1. The predicted octanol–water partition coefficient (Wildman–Crippen LogP) is 3.17. The summed E-state index contributed by atoms with van der Waals surface area (Å²) in [5.74, 6) is 0.830. The molecule has 0 radical (unpaired) electrons. The van der Waals surface area contributed by atoms with Crippen LogP contribution in [0, 0.1) is 13.8 Å². The first-order valence-electron chi connectivity index (χ1n) is 10.7. The van der Waals surface area contributed by atoms with Crippen LogP contribution < -0.4 is 20.3 Å². The molecule has 1 aliphatic heterocycles. The molecule has 9 nitrogen and oxygen atoms in total. The molecule has 0 aliphatic carbocycles. The molecule has 9 heteroatoms. The van der Waals surface area contributed by atoms with Crippen molar-refractivity contribution in [2.45, 2.75) is 26.8 Å². The lowest BCUT2D eigenvalue weighted by atomic mass is 10.2. The molecule has 0 saturated carbocycles. The lowest BCUT2D eigenvalue weighted by molar-refractivity contribution is -0.119. The van der Waals surface area contributed by atoms with Crippen LogP contribution in [-0.4, -0.2) is 38.7 Å². The van der Waals surface area contributed by atoms with E-state index in [-0.39, 0.29) is 11.4 Å². The van der Waals surface area contributed by atoms with E-state index >= 15 is 0 Å². The van der Waals surface area contributed by atoms with Crippen LogP contribution in [0.4, 0.5) is 5.69 Å². The van der Waals surface area contributed by atoms with Gasteiger partial charge in [0.15, 0.2) is 17.0 Å². The van der Waals surface area contributed by atoms with Crippen LogP contribution in [0.1, 0.15) is 24.4 Å². The number of aryl methyl sites for hydroxylation is 2. The maximum Gasteiger partial charge on any atom is 0.295 e. The molecule has 3 heterocycles. The number of rotatable bonds is 4. The monoisotopic (exact) mass is 445 g/mol. The van der Waals surface area contributed by atoms with Crippen LogP contribution >= 0.6 is 0 Å². The van der Waals surface area contributed by atoms with Crippen molar-refractivity contribution in [2.75, 3.05) is 18.5 Å². The number of ether oxygens (including phenoxy) is 2. The second kappa shape index (κ2) is 8.09. The Labute approximate surface area is 189 Å². The summed E-state index contributed by atoms with van der Waals surface area (Å²) in [6, 6.07) is 13.9. The summed E-state index contributed by atoms with van der Waals surface area (Å²) in [7, 11) is 0. The van der Waals surface area contributed by atoms with E-state index in [2.05, 4.69) is 15.5 Å². The third kappa shape index (κ3) is 3.61. The van der Waals surface area contributed by atoms with Gasteiger partial charge in [0.25, 0.3) is 5.56 Å². The summed E-state index contributed by atoms with van der Waals surface area (Å²) >= 11 is 0. The van der Waals surface area contributed by atoms with Crippen molar-refractivity contribution in [2.24, 2.45) is 0 Å². The minimum absolute atomic E-state index is 0.280. The van der Waals surface area contributed by atoms with Crippen molar-refractivity contribution >= 4 is 22.5 Å². The Balaban J connectivity index is 1.48. The van der Waals surface area contributed by atoms with Gasteiger partial charge in [-0.05, 0) is 45.0 Å². The minimum atomic E-state index is -0.851. The molecule has 2 aromatic heterocycles. The average Bonchev–Trinajstić information content (AvgIpc) is 3.19. The van der Waals surface area contributed by atoms with Crippen molar-refractivity contribution in [3.05, 3.63) is 70.3 Å². The summed E-state index contributed by atoms with van der Waals surface area (Å²) in [5.41, 5.74) is 2.70. The first kappa shape index (κ1) is 20.7. The number of nitrogens with one attached hydrogen (secondary N) is 1. The Hall–Kier alpha value is -4.14. The highest BCUT2D eigenvalue weighted by molar-refractivity contribution is 5.94. The van der Waals surface area contributed by atoms with E-state index in [0.717, 1.165) is 11.4 Å². The first-order valence-corrected chi connectivity index (χ1v) is 10.7. The number of hydrogen-bond donors (Lipinski definition) is 1. The molecule has 0 spiro atoms. The number of carbonyl (C=O) groups is 1. The fourth-order valence-electron chi connectivity index (χ4n) is 4.01. The summed E-state index contributed by atoms with van der Waals surface area (Å²) in [6.07, 6.45) is 0. The average molecular weight is 445 g/mol. The Kier molecular flexibility index (Phi) is 5.08. The molecule has 1 aliphatic rings. The molecule has 0 fully saturated rings. The number of fused-ring (bicyclic) bond motifs is 2. The Morgan fingerprint density at radius 1 is 1.03 bits per heavy atom. The molecule has 1 N–H and O–H groups in total. The van der Waals surface area contributed by atoms with Gasteiger partial charge < -0.3 is 14.8 Å². The Morgan fingerprint density at radius 2 is 1.76 bits per heavy atom. The molecule has 33 heavy (non-hydrogen) atoms. The van der Waals surface area contributed by atoms with Crippen LogP contribution in [0.2, 0.25) is 0 Å². The van der Waals surface area contributed by atoms with Crippen molar-refractivity contribution < 1.29 is 14.3 Å². The van der Waals surface area contributed by atoms with E-state index < -0.39 is 11.6 Å². The summed E-state index contributed by atoms with van der Waals surface area (Å²) < 4.78 is 14.0. The smallest absolute Gasteiger partial charge is 0.295 e. The molecule has 1 atom stereocenters. The van der Waals surface area contributed by atoms with E-state index in [1.54, 1.807) is 29.8 Å². The zero-order chi connectivity index (χ0) is 23.1. The van der Waals surface area contributed by atoms with Gasteiger partial charge in [-0.15, -0.1) is 0 Å². The predicted molar refractivity (Wildman–Crippen MR) is 123 cm³/mol. The van der Waals surface area contributed by atoms with Gasteiger partial charge in [0.1, 0.15) is 19.3 Å². The van der Waals surface area contributed by atoms with Crippen molar-refractivity contribution in [1.29, 1.82) is 0 Å². The standard InChI is InChI=1S/C24H23N5O4/c1-14-21-15(2)28(18-7-5-4-6-8-18)27-22(21)24(31)29(26-14)16(3)23(30)25-17-9-10-19-20(13-17)33-12-11-32-19/h4-10,13,16H,11-12H2,1-3H3,(H,25,30). The molecule has 0 saturated heterocycles. The summed E-state index contributed by atoms with van der Waals surface area (Å²) in [5, 5.41) is 12.5. The molecule has 0 bridgehead atoms. The number of aromatic nitrogens is 4. The number of benzene rings is 2. The van der Waals surface area contributed by atoms with Gasteiger partial charge in [0.05, 0.1) is 22.5 Å². The van der Waals surface area contributed by atoms with Gasteiger partial charge in [-0.1, -0.05) is 18.2 Å². The molecule has 1 amide bonds. The summed E-state index contributed by atoms with van der Waals surface area (Å²) in [4.78, 5) is 26.2. The third-order valence-electron chi connectivity index (χ3n) is 5.70. The number of para-hydroxylation sites is 1. The highest BCUT2D eigenvalue weighted by atomic mass is 16.6. The second-order valence-corrected chi connectivity index (χ2v) is 7.92. The minimum Gasteiger partial charge on any atom is -0.486 e. The van der Waals surface area contributed by atoms with Crippen molar-refractivity contribution in [3.63, 3.8) is 0 Å². The van der Waals surface area contributed by atoms with Crippen molar-refractivity contribution in [3.8, 4) is 17.2 Å². The van der Waals surface area contributed by atoms with Gasteiger partial charge in [0.2, 0.25) is 5.91 Å². The lowest BCUT2D eigenvalue weighted by Gasteiger charge is -2.19. The fourth-order valence-corrected chi connectivity index (χ4v) is 4.01. The van der Waals surface area contributed by atoms with Gasteiger partial charge in [-0.25, -0.2) is 9.36 Å². The number of hydrogen-bond acceptors (Lipinski definition) is 6. The zero-order valence-corrected chi connectivity index (χ0v) is 18.5. The Bertz CT molecular complexity index is 1420. The summed E-state index contributed by atoms with van der Waals surface area (Å²) in [6.45, 7) is 6.29. The third-order valence-corrected chi connectivity index (χ3v) is 5.70. The highest BCUT2D eigenvalue weighted by Gasteiger charge is 2.24. The van der Waals surface area contributed by atoms with Gasteiger partial charge in [0, 0.05) is 11.8 Å². The molecule has 2 aromatic carbocycles. The molecule has 1 unspecified atom stereocenters. The van der Waals surface area contributed by atoms with Crippen LogP contribution in [0.5, 0.6) is 11.5 Å². The van der Waals surface area contributed by atoms with E-state index in [1.165, 1.54) is 4.68 Å². The van der Waals surface area contributed by atoms with E-state index in [4.69, 9.17) is 9.47 Å².